The topological polar surface area (TPSA) is 81.6 Å². The van der Waals surface area contributed by atoms with E-state index in [1.165, 1.54) is 46.9 Å². The third kappa shape index (κ3) is 44.2. The molecule has 0 bridgehead atoms. The van der Waals surface area contributed by atoms with Gasteiger partial charge in [-0.2, -0.15) is 0 Å². The number of benzene rings is 1. The molecule has 1 aliphatic heterocycles. The van der Waals surface area contributed by atoms with E-state index in [9.17, 15) is 51.8 Å². The summed E-state index contributed by atoms with van der Waals surface area (Å²) in [5, 5.41) is 0. The normalized spacial score (nSPS) is 16.1. The number of halogens is 12. The Morgan fingerprint density at radius 2 is 0.648 bits per heavy atom. The first-order valence-corrected chi connectivity index (χ1v) is 26.0. The van der Waals surface area contributed by atoms with Gasteiger partial charge in [0, 0.05) is 37.1 Å². The Kier molecular flexibility index (Phi) is 36.9. The Bertz CT molecular complexity index is 1550. The van der Waals surface area contributed by atoms with Crippen LogP contribution in [0, 0.1) is 0 Å². The minimum atomic E-state index is -6.00. The Labute approximate surface area is 413 Å². The number of rotatable bonds is 9. The van der Waals surface area contributed by atoms with Crippen LogP contribution >= 0.6 is 7.26 Å². The van der Waals surface area contributed by atoms with Gasteiger partial charge in [0.25, 0.3) is 0 Å². The molecule has 71 heavy (non-hydrogen) atoms. The highest BCUT2D eigenvalue weighted by Gasteiger charge is 2.32. The number of ether oxygens (including phenoxy) is 8. The highest BCUT2D eigenvalue weighted by molar-refractivity contribution is 7.75. The summed E-state index contributed by atoms with van der Waals surface area (Å²) < 4.78 is 165. The molecule has 10 nitrogen and oxygen atoms in total. The maximum Gasteiger partial charge on any atom is 0.673 e. The molecule has 3 aromatic rings. The lowest BCUT2D eigenvalue weighted by molar-refractivity contribution is -0.692. The summed E-state index contributed by atoms with van der Waals surface area (Å²) in [4.78, 5) is 0. The fourth-order valence-corrected chi connectivity index (χ4v) is 9.05. The molecule has 0 N–H and O–H groups in total. The summed E-state index contributed by atoms with van der Waals surface area (Å²) >= 11 is 0. The lowest BCUT2D eigenvalue weighted by atomic mass is 9.87. The monoisotopic (exact) mass is 1060 g/mol. The van der Waals surface area contributed by atoms with Crippen LogP contribution in [0.2, 0.25) is 0 Å². The molecule has 0 atom stereocenters. The molecular formula is C45H74B3F12N2O8P. The standard InChI is InChI=1S/C29H42N2P.C16H32O8.3BF4/c1-7-32(8-2,9-3)23-22-30-18-14-26(15-19-30)27-16-20-31(21-17-27)24-25-10-12-28(13-11-25)29(4,5)6;1-2-18-5-6-20-9-10-22-13-14-24-16-15-23-12-11-21-8-7-19-4-3-17-1;3*2-1(3,4)5/h10-21H,7-9,22-24H2,1-6H3;1-16H2;;;/q+3;;3*-1. The first kappa shape index (κ1) is 68.0. The van der Waals surface area contributed by atoms with Crippen molar-refractivity contribution < 1.29 is 98.8 Å². The van der Waals surface area contributed by atoms with Crippen molar-refractivity contribution in [2.24, 2.45) is 0 Å². The third-order valence-corrected chi connectivity index (χ3v) is 15.3. The van der Waals surface area contributed by atoms with E-state index in [2.05, 4.69) is 124 Å². The first-order chi connectivity index (χ1) is 33.3. The van der Waals surface area contributed by atoms with Crippen LogP contribution in [0.15, 0.2) is 73.3 Å². The van der Waals surface area contributed by atoms with E-state index < -0.39 is 29.0 Å². The molecule has 1 aromatic carbocycles. The molecule has 0 unspecified atom stereocenters. The largest absolute Gasteiger partial charge is 0.673 e. The quantitative estimate of drug-likeness (QED) is 0.0908. The number of aryl methyl sites for hydroxylation is 1. The number of hydrogen-bond donors (Lipinski definition) is 0. The highest BCUT2D eigenvalue weighted by atomic mass is 31.2. The second-order valence-electron chi connectivity index (χ2n) is 16.4. The van der Waals surface area contributed by atoms with Crippen molar-refractivity contribution in [3.63, 3.8) is 0 Å². The Hall–Kier alpha value is -3.02. The zero-order valence-corrected chi connectivity index (χ0v) is 42.8. The summed E-state index contributed by atoms with van der Waals surface area (Å²) in [6, 6.07) is 18.0. The minimum Gasteiger partial charge on any atom is -0.418 e. The molecule has 26 heteroatoms. The van der Waals surface area contributed by atoms with Crippen LogP contribution in [-0.4, -0.2) is 152 Å². The fraction of sp³-hybridized carbons (Fsp3) is 0.644. The molecule has 0 amide bonds. The minimum absolute atomic E-state index is 0.202. The van der Waals surface area contributed by atoms with Gasteiger partial charge in [0.2, 0.25) is 0 Å². The lowest BCUT2D eigenvalue weighted by Gasteiger charge is -2.21. The zero-order valence-electron chi connectivity index (χ0n) is 41.9. The van der Waals surface area contributed by atoms with Gasteiger partial charge in [-0.15, -0.1) is 0 Å². The van der Waals surface area contributed by atoms with Gasteiger partial charge in [-0.3, -0.25) is 0 Å². The number of aromatic nitrogens is 2. The Morgan fingerprint density at radius 1 is 0.408 bits per heavy atom. The van der Waals surface area contributed by atoms with E-state index in [1.807, 2.05) is 0 Å². The molecule has 4 rings (SSSR count). The van der Waals surface area contributed by atoms with Gasteiger partial charge in [0.15, 0.2) is 37.9 Å². The van der Waals surface area contributed by atoms with Crippen molar-refractivity contribution in [1.29, 1.82) is 0 Å². The second kappa shape index (κ2) is 38.5. The van der Waals surface area contributed by atoms with Gasteiger partial charge < -0.3 is 89.7 Å². The smallest absolute Gasteiger partial charge is 0.418 e. The van der Waals surface area contributed by atoms with Gasteiger partial charge in [-0.05, 0) is 42.9 Å². The van der Waals surface area contributed by atoms with Crippen LogP contribution in [0.4, 0.5) is 51.8 Å². The summed E-state index contributed by atoms with van der Waals surface area (Å²) in [6.07, 6.45) is 14.4. The SMILES string of the molecule is C1COCCOCCOCCOCCOCCOCCOCCO1.CC[P+](CC)(CC)CC[n+]1ccc(-c2cc[n+](Cc3ccc(C(C)(C)C)cc3)cc2)cc1.F[B-](F)(F)F.F[B-](F)(F)F.F[B-](F)(F)F. The fourth-order valence-electron chi connectivity index (χ4n) is 6.11. The third-order valence-electron chi connectivity index (χ3n) is 10.1. The van der Waals surface area contributed by atoms with Gasteiger partial charge >= 0.3 is 21.8 Å². The van der Waals surface area contributed by atoms with Crippen molar-refractivity contribution in [3.8, 4) is 11.1 Å². The zero-order chi connectivity index (χ0) is 53.7. The maximum atomic E-state index is 9.75. The van der Waals surface area contributed by atoms with Crippen molar-refractivity contribution in [2.75, 3.05) is 130 Å². The maximum absolute atomic E-state index is 9.75. The van der Waals surface area contributed by atoms with Crippen LogP contribution < -0.4 is 9.13 Å². The van der Waals surface area contributed by atoms with Gasteiger partial charge in [0.1, 0.15) is 6.16 Å². The van der Waals surface area contributed by atoms with Crippen molar-refractivity contribution >= 4 is 29.0 Å². The van der Waals surface area contributed by atoms with Gasteiger partial charge in [-0.1, -0.05) is 45.0 Å². The summed E-state index contributed by atoms with van der Waals surface area (Å²) in [5.74, 6) is 0. The average molecular weight is 1060 g/mol. The molecule has 2 aromatic heterocycles. The molecule has 1 aliphatic rings. The molecule has 3 heterocycles. The predicted molar refractivity (Wildman–Crippen MR) is 257 cm³/mol. The molecule has 0 spiro atoms. The summed E-state index contributed by atoms with van der Waals surface area (Å²) in [7, 11) is -18.7. The van der Waals surface area contributed by atoms with Crippen LogP contribution in [0.25, 0.3) is 11.1 Å². The molecule has 0 aliphatic carbocycles. The molecule has 0 radical (unpaired) electrons. The Morgan fingerprint density at radius 3 is 0.873 bits per heavy atom. The van der Waals surface area contributed by atoms with Crippen molar-refractivity contribution in [3.05, 3.63) is 84.4 Å². The molecule has 1 saturated heterocycles. The van der Waals surface area contributed by atoms with Gasteiger partial charge in [-0.25, -0.2) is 9.13 Å². The molecule has 410 valence electrons. The van der Waals surface area contributed by atoms with Crippen molar-refractivity contribution in [1.82, 2.24) is 0 Å². The first-order valence-electron chi connectivity index (χ1n) is 23.5. The second-order valence-corrected chi connectivity index (χ2v) is 21.5. The van der Waals surface area contributed by atoms with Crippen LogP contribution in [-0.2, 0) is 56.4 Å². The van der Waals surface area contributed by atoms with Gasteiger partial charge in [0.05, 0.1) is 124 Å². The number of nitrogens with zero attached hydrogens (tertiary/aromatic N) is 2. The van der Waals surface area contributed by atoms with E-state index in [-0.39, 0.29) is 5.41 Å². The van der Waals surface area contributed by atoms with E-state index in [4.69, 9.17) is 37.9 Å². The van der Waals surface area contributed by atoms with Crippen LogP contribution in [0.5, 0.6) is 0 Å². The highest BCUT2D eigenvalue weighted by Crippen LogP contribution is 2.57. The average Bonchev–Trinajstić information content (AvgIpc) is 3.28. The lowest BCUT2D eigenvalue weighted by Crippen LogP contribution is -2.35. The Balaban J connectivity index is 0.00000109. The number of pyridine rings is 2. The summed E-state index contributed by atoms with van der Waals surface area (Å²) in [6.45, 7) is 24.9. The summed E-state index contributed by atoms with van der Waals surface area (Å²) in [5.41, 5.74) is 5.48. The van der Waals surface area contributed by atoms with Crippen LogP contribution in [0.3, 0.4) is 0 Å². The van der Waals surface area contributed by atoms with E-state index in [1.54, 1.807) is 0 Å². The van der Waals surface area contributed by atoms with E-state index in [0.29, 0.717) is 106 Å². The van der Waals surface area contributed by atoms with E-state index in [0.717, 1.165) is 13.1 Å². The van der Waals surface area contributed by atoms with E-state index >= 15 is 0 Å². The molecule has 1 fully saturated rings. The van der Waals surface area contributed by atoms with Crippen molar-refractivity contribution in [2.45, 2.75) is 60.0 Å². The molecular weight excluding hydrogens is 988 g/mol. The predicted octanol–water partition coefficient (Wildman–Crippen LogP) is 10.4. The van der Waals surface area contributed by atoms with Crippen LogP contribution in [0.1, 0.15) is 52.7 Å². The molecule has 0 saturated carbocycles. The number of hydrogen-bond acceptors (Lipinski definition) is 8.